The SMILES string of the molecule is COc1ccc(/C=C/C2=NC(C)(C)CO2)cc1OC.Cl. The van der Waals surface area contributed by atoms with Gasteiger partial charge in [-0.3, -0.25) is 0 Å². The minimum Gasteiger partial charge on any atom is -0.493 e. The molecule has 0 amide bonds. The average molecular weight is 298 g/mol. The molecule has 0 radical (unpaired) electrons. The predicted octanol–water partition coefficient (Wildman–Crippen LogP) is 3.35. The first-order chi connectivity index (χ1) is 9.04. The van der Waals surface area contributed by atoms with Crippen LogP contribution in [0.25, 0.3) is 6.08 Å². The smallest absolute Gasteiger partial charge is 0.209 e. The molecule has 0 unspecified atom stereocenters. The van der Waals surface area contributed by atoms with Crippen molar-refractivity contribution < 1.29 is 14.2 Å². The maximum Gasteiger partial charge on any atom is 0.209 e. The van der Waals surface area contributed by atoms with Gasteiger partial charge in [-0.1, -0.05) is 6.07 Å². The van der Waals surface area contributed by atoms with Crippen molar-refractivity contribution in [3.8, 4) is 11.5 Å². The maximum absolute atomic E-state index is 5.50. The third-order valence-electron chi connectivity index (χ3n) is 2.81. The van der Waals surface area contributed by atoms with Crippen LogP contribution in [0.5, 0.6) is 11.5 Å². The fraction of sp³-hybridized carbons (Fsp3) is 0.400. The highest BCUT2D eigenvalue weighted by Crippen LogP contribution is 2.28. The molecule has 0 aromatic heterocycles. The molecule has 2 rings (SSSR count). The summed E-state index contributed by atoms with van der Waals surface area (Å²) in [6, 6.07) is 5.74. The molecule has 110 valence electrons. The van der Waals surface area contributed by atoms with E-state index in [1.54, 1.807) is 14.2 Å². The van der Waals surface area contributed by atoms with Gasteiger partial charge in [0.25, 0.3) is 0 Å². The van der Waals surface area contributed by atoms with Crippen LogP contribution in [0.1, 0.15) is 19.4 Å². The Morgan fingerprint density at radius 2 is 1.85 bits per heavy atom. The first-order valence-corrected chi connectivity index (χ1v) is 6.17. The minimum absolute atomic E-state index is 0. The van der Waals surface area contributed by atoms with Crippen LogP contribution in [0, 0.1) is 0 Å². The van der Waals surface area contributed by atoms with E-state index in [0.717, 1.165) is 11.3 Å². The number of hydrogen-bond acceptors (Lipinski definition) is 4. The standard InChI is InChI=1S/C15H19NO3.ClH/c1-15(2)10-19-14(16-15)8-6-11-5-7-12(17-3)13(9-11)18-4;/h5-9H,10H2,1-4H3;1H/b8-6+;. The molecule has 1 aromatic carbocycles. The van der Waals surface area contributed by atoms with Crippen LogP contribution in [-0.2, 0) is 4.74 Å². The Hall–Kier alpha value is -1.68. The third kappa shape index (κ3) is 3.90. The summed E-state index contributed by atoms with van der Waals surface area (Å²) in [4.78, 5) is 4.46. The molecule has 0 aliphatic carbocycles. The van der Waals surface area contributed by atoms with Crippen LogP contribution in [0.15, 0.2) is 29.3 Å². The molecule has 0 atom stereocenters. The van der Waals surface area contributed by atoms with Crippen LogP contribution in [0.2, 0.25) is 0 Å². The number of ether oxygens (including phenoxy) is 3. The Labute approximate surface area is 125 Å². The number of benzene rings is 1. The van der Waals surface area contributed by atoms with Crippen LogP contribution in [0.4, 0.5) is 0 Å². The van der Waals surface area contributed by atoms with Crippen molar-refractivity contribution in [3.05, 3.63) is 29.8 Å². The molecule has 0 spiro atoms. The molecule has 0 N–H and O–H groups in total. The number of hydrogen-bond donors (Lipinski definition) is 0. The molecule has 1 aromatic rings. The van der Waals surface area contributed by atoms with Gasteiger partial charge in [0.15, 0.2) is 11.5 Å². The lowest BCUT2D eigenvalue weighted by Gasteiger charge is -2.07. The number of nitrogens with zero attached hydrogens (tertiary/aromatic N) is 1. The molecule has 0 bridgehead atoms. The van der Waals surface area contributed by atoms with Crippen molar-refractivity contribution >= 4 is 24.4 Å². The molecule has 0 fully saturated rings. The van der Waals surface area contributed by atoms with Gasteiger partial charge in [0.05, 0.1) is 19.8 Å². The van der Waals surface area contributed by atoms with Gasteiger partial charge < -0.3 is 14.2 Å². The van der Waals surface area contributed by atoms with Gasteiger partial charge in [-0.05, 0) is 37.6 Å². The van der Waals surface area contributed by atoms with Gasteiger partial charge in [0, 0.05) is 6.08 Å². The lowest BCUT2D eigenvalue weighted by Crippen LogP contribution is -2.17. The fourth-order valence-electron chi connectivity index (χ4n) is 1.82. The highest BCUT2D eigenvalue weighted by molar-refractivity contribution is 5.93. The van der Waals surface area contributed by atoms with Crippen LogP contribution in [0.3, 0.4) is 0 Å². The highest BCUT2D eigenvalue weighted by Gasteiger charge is 2.24. The first-order valence-electron chi connectivity index (χ1n) is 6.17. The summed E-state index contributed by atoms with van der Waals surface area (Å²) in [6.07, 6.45) is 3.82. The molecule has 1 heterocycles. The Kier molecular flexibility index (Phi) is 5.45. The van der Waals surface area contributed by atoms with Crippen molar-refractivity contribution in [1.82, 2.24) is 0 Å². The van der Waals surface area contributed by atoms with E-state index in [9.17, 15) is 0 Å². The maximum atomic E-state index is 5.50. The number of aliphatic imine (C=N–C) groups is 1. The molecular weight excluding hydrogens is 278 g/mol. The molecule has 20 heavy (non-hydrogen) atoms. The summed E-state index contributed by atoms with van der Waals surface area (Å²) in [5.74, 6) is 2.09. The Bertz CT molecular complexity index is 524. The van der Waals surface area contributed by atoms with E-state index in [-0.39, 0.29) is 17.9 Å². The number of rotatable bonds is 4. The number of methoxy groups -OCH3 is 2. The predicted molar refractivity (Wildman–Crippen MR) is 83.3 cm³/mol. The van der Waals surface area contributed by atoms with Crippen molar-refractivity contribution in [1.29, 1.82) is 0 Å². The second kappa shape index (κ2) is 6.66. The normalized spacial score (nSPS) is 16.3. The third-order valence-corrected chi connectivity index (χ3v) is 2.81. The topological polar surface area (TPSA) is 40.0 Å². The minimum atomic E-state index is -0.128. The van der Waals surface area contributed by atoms with E-state index < -0.39 is 0 Å². The zero-order valence-electron chi connectivity index (χ0n) is 12.2. The zero-order chi connectivity index (χ0) is 13.9. The summed E-state index contributed by atoms with van der Waals surface area (Å²) in [5.41, 5.74) is 0.880. The summed E-state index contributed by atoms with van der Waals surface area (Å²) in [5, 5.41) is 0. The number of halogens is 1. The molecule has 0 saturated carbocycles. The zero-order valence-corrected chi connectivity index (χ0v) is 13.0. The van der Waals surface area contributed by atoms with E-state index in [1.807, 2.05) is 44.2 Å². The first kappa shape index (κ1) is 16.4. The van der Waals surface area contributed by atoms with Crippen molar-refractivity contribution in [2.75, 3.05) is 20.8 Å². The summed E-state index contributed by atoms with van der Waals surface area (Å²) < 4.78 is 16.0. The van der Waals surface area contributed by atoms with Gasteiger partial charge >= 0.3 is 0 Å². The van der Waals surface area contributed by atoms with Crippen LogP contribution in [-0.4, -0.2) is 32.3 Å². The average Bonchev–Trinajstić information content (AvgIpc) is 2.75. The largest absolute Gasteiger partial charge is 0.493 e. The van der Waals surface area contributed by atoms with Gasteiger partial charge in [-0.15, -0.1) is 12.4 Å². The fourth-order valence-corrected chi connectivity index (χ4v) is 1.82. The lowest BCUT2D eigenvalue weighted by atomic mass is 10.1. The van der Waals surface area contributed by atoms with E-state index in [4.69, 9.17) is 14.2 Å². The van der Waals surface area contributed by atoms with E-state index in [0.29, 0.717) is 18.3 Å². The Balaban J connectivity index is 0.00000200. The monoisotopic (exact) mass is 297 g/mol. The van der Waals surface area contributed by atoms with Gasteiger partial charge in [-0.2, -0.15) is 0 Å². The molecule has 1 aliphatic rings. The van der Waals surface area contributed by atoms with E-state index in [1.165, 1.54) is 0 Å². The van der Waals surface area contributed by atoms with Gasteiger partial charge in [-0.25, -0.2) is 4.99 Å². The van der Waals surface area contributed by atoms with E-state index in [2.05, 4.69) is 4.99 Å². The van der Waals surface area contributed by atoms with Crippen LogP contribution < -0.4 is 9.47 Å². The summed E-state index contributed by atoms with van der Waals surface area (Å²) >= 11 is 0. The summed E-state index contributed by atoms with van der Waals surface area (Å²) in [6.45, 7) is 4.72. The van der Waals surface area contributed by atoms with Crippen molar-refractivity contribution in [2.24, 2.45) is 4.99 Å². The van der Waals surface area contributed by atoms with Crippen LogP contribution >= 0.6 is 12.4 Å². The molecule has 5 heteroatoms. The quantitative estimate of drug-likeness (QED) is 0.855. The second-order valence-corrected chi connectivity index (χ2v) is 5.00. The molecular formula is C15H20ClNO3. The molecule has 4 nitrogen and oxygen atoms in total. The van der Waals surface area contributed by atoms with Gasteiger partial charge in [0.1, 0.15) is 6.61 Å². The Morgan fingerprint density at radius 1 is 1.15 bits per heavy atom. The highest BCUT2D eigenvalue weighted by atomic mass is 35.5. The second-order valence-electron chi connectivity index (χ2n) is 5.00. The summed E-state index contributed by atoms with van der Waals surface area (Å²) in [7, 11) is 3.24. The Morgan fingerprint density at radius 3 is 2.40 bits per heavy atom. The molecule has 1 aliphatic heterocycles. The van der Waals surface area contributed by atoms with E-state index >= 15 is 0 Å². The van der Waals surface area contributed by atoms with Crippen molar-refractivity contribution in [2.45, 2.75) is 19.4 Å². The lowest BCUT2D eigenvalue weighted by molar-refractivity contribution is 0.280. The van der Waals surface area contributed by atoms with Gasteiger partial charge in [0.2, 0.25) is 5.90 Å². The molecule has 0 saturated heterocycles. The van der Waals surface area contributed by atoms with Crippen molar-refractivity contribution in [3.63, 3.8) is 0 Å².